The number of halogens is 1. The van der Waals surface area contributed by atoms with Crippen molar-refractivity contribution in [2.45, 2.75) is 12.8 Å². The van der Waals surface area contributed by atoms with Gasteiger partial charge < -0.3 is 15.0 Å². The molecular formula is C20H20ClN3O2S. The van der Waals surface area contributed by atoms with Crippen molar-refractivity contribution in [3.8, 4) is 5.75 Å². The zero-order chi connectivity index (χ0) is 18.8. The van der Waals surface area contributed by atoms with Gasteiger partial charge in [0.1, 0.15) is 11.6 Å². The maximum Gasteiger partial charge on any atom is 0.227 e. The lowest BCUT2D eigenvalue weighted by atomic mass is 9.95. The average molecular weight is 402 g/mol. The third-order valence-electron chi connectivity index (χ3n) is 4.94. The molecule has 0 saturated carbocycles. The molecule has 4 rings (SSSR count). The van der Waals surface area contributed by atoms with E-state index in [0.717, 1.165) is 31.7 Å². The SMILES string of the molecule is COc1ccc(Cl)cc1NC(=O)C1CCN(c2nccc3sccc23)CC1. The third kappa shape index (κ3) is 3.73. The van der Waals surface area contributed by atoms with E-state index in [2.05, 4.69) is 26.6 Å². The molecule has 1 N–H and O–H groups in total. The number of amides is 1. The number of piperidine rings is 1. The molecule has 27 heavy (non-hydrogen) atoms. The number of carbonyl (C=O) groups is 1. The number of carbonyl (C=O) groups excluding carboxylic acids is 1. The minimum atomic E-state index is -0.0355. The number of fused-ring (bicyclic) bond motifs is 1. The van der Waals surface area contributed by atoms with Gasteiger partial charge in [-0.3, -0.25) is 4.79 Å². The molecule has 0 spiro atoms. The number of nitrogens with zero attached hydrogens (tertiary/aromatic N) is 2. The molecule has 1 aromatic carbocycles. The van der Waals surface area contributed by atoms with Crippen molar-refractivity contribution in [3.05, 3.63) is 46.9 Å². The lowest BCUT2D eigenvalue weighted by Gasteiger charge is -2.32. The van der Waals surface area contributed by atoms with Gasteiger partial charge in [-0.1, -0.05) is 11.6 Å². The fourth-order valence-corrected chi connectivity index (χ4v) is 4.45. The first-order valence-electron chi connectivity index (χ1n) is 8.87. The van der Waals surface area contributed by atoms with E-state index in [-0.39, 0.29) is 11.8 Å². The predicted octanol–water partition coefficient (Wildman–Crippen LogP) is 4.81. The largest absolute Gasteiger partial charge is 0.495 e. The van der Waals surface area contributed by atoms with Crippen LogP contribution in [0.25, 0.3) is 10.1 Å². The van der Waals surface area contributed by atoms with Crippen LogP contribution in [0.4, 0.5) is 11.5 Å². The molecule has 2 aromatic heterocycles. The number of pyridine rings is 1. The zero-order valence-electron chi connectivity index (χ0n) is 14.9. The molecule has 3 aromatic rings. The molecule has 1 amide bonds. The Bertz CT molecular complexity index is 967. The molecule has 1 aliphatic rings. The van der Waals surface area contributed by atoms with Crippen LogP contribution in [0.1, 0.15) is 12.8 Å². The number of hydrogen-bond acceptors (Lipinski definition) is 5. The van der Waals surface area contributed by atoms with E-state index in [1.54, 1.807) is 36.6 Å². The van der Waals surface area contributed by atoms with E-state index in [1.165, 1.54) is 10.1 Å². The number of rotatable bonds is 4. The maximum absolute atomic E-state index is 12.7. The van der Waals surface area contributed by atoms with Gasteiger partial charge in [-0.05, 0) is 48.6 Å². The van der Waals surface area contributed by atoms with Crippen LogP contribution < -0.4 is 15.0 Å². The molecule has 5 nitrogen and oxygen atoms in total. The number of anilines is 2. The van der Waals surface area contributed by atoms with Crippen LogP contribution in [0, 0.1) is 5.92 Å². The van der Waals surface area contributed by atoms with Gasteiger partial charge in [-0.15, -0.1) is 11.3 Å². The maximum atomic E-state index is 12.7. The van der Waals surface area contributed by atoms with Crippen molar-refractivity contribution in [2.24, 2.45) is 5.92 Å². The first-order chi connectivity index (χ1) is 13.2. The number of nitrogens with one attached hydrogen (secondary N) is 1. The predicted molar refractivity (Wildman–Crippen MR) is 111 cm³/mol. The summed E-state index contributed by atoms with van der Waals surface area (Å²) >= 11 is 7.77. The number of methoxy groups -OCH3 is 1. The van der Waals surface area contributed by atoms with Crippen LogP contribution in [-0.2, 0) is 4.79 Å². The van der Waals surface area contributed by atoms with Gasteiger partial charge >= 0.3 is 0 Å². The first-order valence-corrected chi connectivity index (χ1v) is 10.1. The van der Waals surface area contributed by atoms with Crippen LogP contribution in [0.5, 0.6) is 5.75 Å². The Balaban J connectivity index is 1.43. The third-order valence-corrected chi connectivity index (χ3v) is 6.06. The molecular weight excluding hydrogens is 382 g/mol. The summed E-state index contributed by atoms with van der Waals surface area (Å²) in [5.74, 6) is 1.60. The van der Waals surface area contributed by atoms with E-state index < -0.39 is 0 Å². The minimum absolute atomic E-state index is 0.0110. The Morgan fingerprint density at radius 2 is 2.11 bits per heavy atom. The summed E-state index contributed by atoms with van der Waals surface area (Å²) in [7, 11) is 1.58. The van der Waals surface area contributed by atoms with Crippen LogP contribution in [0.15, 0.2) is 41.9 Å². The second-order valence-corrected chi connectivity index (χ2v) is 7.95. The highest BCUT2D eigenvalue weighted by Gasteiger charge is 2.27. The van der Waals surface area contributed by atoms with Crippen molar-refractivity contribution < 1.29 is 9.53 Å². The molecule has 140 valence electrons. The number of hydrogen-bond donors (Lipinski definition) is 1. The summed E-state index contributed by atoms with van der Waals surface area (Å²) in [4.78, 5) is 19.6. The van der Waals surface area contributed by atoms with Gasteiger partial charge in [-0.2, -0.15) is 0 Å². The fraction of sp³-hybridized carbons (Fsp3) is 0.300. The smallest absolute Gasteiger partial charge is 0.227 e. The summed E-state index contributed by atoms with van der Waals surface area (Å²) in [6.45, 7) is 1.62. The first kappa shape index (κ1) is 18.1. The monoisotopic (exact) mass is 401 g/mol. The van der Waals surface area contributed by atoms with Crippen LogP contribution in [-0.4, -0.2) is 31.1 Å². The van der Waals surface area contributed by atoms with Gasteiger partial charge in [0.25, 0.3) is 0 Å². The molecule has 0 unspecified atom stereocenters. The van der Waals surface area contributed by atoms with Gasteiger partial charge in [0.05, 0.1) is 12.8 Å². The summed E-state index contributed by atoms with van der Waals surface area (Å²) in [5.41, 5.74) is 0.613. The highest BCUT2D eigenvalue weighted by molar-refractivity contribution is 7.17. The number of benzene rings is 1. The van der Waals surface area contributed by atoms with Crippen molar-refractivity contribution in [3.63, 3.8) is 0 Å². The van der Waals surface area contributed by atoms with Crippen molar-refractivity contribution in [1.29, 1.82) is 0 Å². The zero-order valence-corrected chi connectivity index (χ0v) is 16.5. The summed E-state index contributed by atoms with van der Waals surface area (Å²) in [6, 6.07) is 9.38. The van der Waals surface area contributed by atoms with E-state index in [0.29, 0.717) is 16.5 Å². The minimum Gasteiger partial charge on any atom is -0.495 e. The normalized spacial score (nSPS) is 15.1. The van der Waals surface area contributed by atoms with Crippen molar-refractivity contribution in [1.82, 2.24) is 4.98 Å². The van der Waals surface area contributed by atoms with Crippen LogP contribution in [0.2, 0.25) is 5.02 Å². The Kier molecular flexibility index (Phi) is 5.18. The van der Waals surface area contributed by atoms with Gasteiger partial charge in [-0.25, -0.2) is 4.98 Å². The van der Waals surface area contributed by atoms with E-state index in [9.17, 15) is 4.79 Å². The Labute approximate surface area is 166 Å². The molecule has 1 fully saturated rings. The summed E-state index contributed by atoms with van der Waals surface area (Å²) in [6.07, 6.45) is 3.44. The Morgan fingerprint density at radius 3 is 2.89 bits per heavy atom. The number of thiophene rings is 1. The Hall–Kier alpha value is -2.31. The average Bonchev–Trinajstić information content (AvgIpc) is 3.17. The molecule has 7 heteroatoms. The van der Waals surface area contributed by atoms with Crippen LogP contribution in [0.3, 0.4) is 0 Å². The van der Waals surface area contributed by atoms with Crippen molar-refractivity contribution in [2.75, 3.05) is 30.4 Å². The topological polar surface area (TPSA) is 54.5 Å². The molecule has 0 bridgehead atoms. The Morgan fingerprint density at radius 1 is 1.30 bits per heavy atom. The molecule has 1 saturated heterocycles. The molecule has 0 atom stereocenters. The van der Waals surface area contributed by atoms with Gasteiger partial charge in [0.2, 0.25) is 5.91 Å². The highest BCUT2D eigenvalue weighted by atomic mass is 35.5. The number of ether oxygens (including phenoxy) is 1. The fourth-order valence-electron chi connectivity index (χ4n) is 3.50. The molecule has 0 radical (unpaired) electrons. The van der Waals surface area contributed by atoms with E-state index in [4.69, 9.17) is 16.3 Å². The van der Waals surface area contributed by atoms with Gasteiger partial charge in [0, 0.05) is 40.3 Å². The van der Waals surface area contributed by atoms with Crippen LogP contribution >= 0.6 is 22.9 Å². The van der Waals surface area contributed by atoms with E-state index >= 15 is 0 Å². The number of aromatic nitrogens is 1. The second kappa shape index (κ2) is 7.74. The summed E-state index contributed by atoms with van der Waals surface area (Å²) < 4.78 is 6.55. The standard InChI is InChI=1S/C20H20ClN3O2S/c1-26-17-3-2-14(21)12-16(17)23-20(25)13-5-9-24(10-6-13)19-15-7-11-27-18(15)4-8-22-19/h2-4,7-8,11-13H,5-6,9-10H2,1H3,(H,23,25). The second-order valence-electron chi connectivity index (χ2n) is 6.56. The molecule has 3 heterocycles. The van der Waals surface area contributed by atoms with Crippen molar-refractivity contribution >= 4 is 50.4 Å². The quantitative estimate of drug-likeness (QED) is 0.681. The highest BCUT2D eigenvalue weighted by Crippen LogP contribution is 2.32. The van der Waals surface area contributed by atoms with Gasteiger partial charge in [0.15, 0.2) is 0 Å². The molecule has 0 aliphatic carbocycles. The summed E-state index contributed by atoms with van der Waals surface area (Å²) in [5, 5.41) is 6.82. The molecule has 1 aliphatic heterocycles. The lowest BCUT2D eigenvalue weighted by Crippen LogP contribution is -2.38. The lowest BCUT2D eigenvalue weighted by molar-refractivity contribution is -0.120. The van der Waals surface area contributed by atoms with E-state index in [1.807, 2.05) is 12.3 Å².